The maximum atomic E-state index is 12.2. The van der Waals surface area contributed by atoms with Gasteiger partial charge in [-0.25, -0.2) is 4.98 Å². The zero-order chi connectivity index (χ0) is 15.4. The first kappa shape index (κ1) is 15.0. The van der Waals surface area contributed by atoms with Gasteiger partial charge >= 0.3 is 0 Å². The summed E-state index contributed by atoms with van der Waals surface area (Å²) in [6.45, 7) is 0. The van der Waals surface area contributed by atoms with E-state index in [4.69, 9.17) is 16.0 Å². The number of rotatable bonds is 5. The van der Waals surface area contributed by atoms with Crippen LogP contribution in [0.2, 0.25) is 5.02 Å². The molecule has 22 heavy (non-hydrogen) atoms. The van der Waals surface area contributed by atoms with Gasteiger partial charge in [0.2, 0.25) is 5.89 Å². The highest BCUT2D eigenvalue weighted by Gasteiger charge is 2.10. The van der Waals surface area contributed by atoms with Gasteiger partial charge in [-0.05, 0) is 23.8 Å². The predicted octanol–water partition coefficient (Wildman–Crippen LogP) is 4.44. The fraction of sp³-hybridized carbons (Fsp3) is 0.118. The highest BCUT2D eigenvalue weighted by atomic mass is 35.5. The van der Waals surface area contributed by atoms with Gasteiger partial charge in [0.05, 0.1) is 11.4 Å². The van der Waals surface area contributed by atoms with Crippen LogP contribution in [0.1, 0.15) is 11.3 Å². The molecule has 0 aliphatic heterocycles. The first-order valence-corrected chi connectivity index (χ1v) is 8.66. The van der Waals surface area contributed by atoms with Crippen molar-refractivity contribution >= 4 is 22.4 Å². The molecule has 3 aromatic rings. The van der Waals surface area contributed by atoms with Crippen LogP contribution in [-0.4, -0.2) is 9.19 Å². The molecular formula is C17H14ClNO2S. The molecule has 1 aromatic heterocycles. The largest absolute Gasteiger partial charge is 0.444 e. The Morgan fingerprint density at radius 2 is 1.86 bits per heavy atom. The van der Waals surface area contributed by atoms with Crippen molar-refractivity contribution in [1.29, 1.82) is 0 Å². The molecule has 0 spiro atoms. The predicted molar refractivity (Wildman–Crippen MR) is 88.9 cm³/mol. The molecular weight excluding hydrogens is 318 g/mol. The minimum absolute atomic E-state index is 0.374. The van der Waals surface area contributed by atoms with E-state index in [1.807, 2.05) is 42.5 Å². The first-order valence-electron chi connectivity index (χ1n) is 6.80. The van der Waals surface area contributed by atoms with Crippen molar-refractivity contribution in [2.75, 3.05) is 0 Å². The molecule has 1 heterocycles. The van der Waals surface area contributed by atoms with Crippen LogP contribution in [-0.2, 0) is 22.3 Å². The van der Waals surface area contributed by atoms with Gasteiger partial charge in [-0.2, -0.15) is 0 Å². The second kappa shape index (κ2) is 6.90. The summed E-state index contributed by atoms with van der Waals surface area (Å²) in [6, 6.07) is 17.1. The van der Waals surface area contributed by atoms with E-state index in [1.165, 1.54) is 0 Å². The van der Waals surface area contributed by atoms with E-state index >= 15 is 0 Å². The van der Waals surface area contributed by atoms with Gasteiger partial charge in [0.25, 0.3) is 0 Å². The standard InChI is InChI=1S/C17H14ClNO2S/c18-15-8-4-7-14(9-15)17-19-16(10-21-17)12-22(20)11-13-5-2-1-3-6-13/h1-10H,11-12H2/t22-/m0/s1. The average Bonchev–Trinajstić information content (AvgIpc) is 2.96. The maximum Gasteiger partial charge on any atom is 0.226 e. The third kappa shape index (κ3) is 3.84. The lowest BCUT2D eigenvalue weighted by Gasteiger charge is -2.00. The normalized spacial score (nSPS) is 12.2. The average molecular weight is 332 g/mol. The Hall–Kier alpha value is -1.91. The van der Waals surface area contributed by atoms with E-state index in [0.29, 0.717) is 28.1 Å². The van der Waals surface area contributed by atoms with Crippen LogP contribution in [0, 0.1) is 0 Å². The Morgan fingerprint density at radius 3 is 2.64 bits per heavy atom. The number of halogens is 1. The zero-order valence-corrected chi connectivity index (χ0v) is 13.3. The van der Waals surface area contributed by atoms with E-state index in [9.17, 15) is 4.21 Å². The Bertz CT molecular complexity index is 786. The number of hydrogen-bond donors (Lipinski definition) is 0. The molecule has 3 rings (SSSR count). The second-order valence-corrected chi connectivity index (χ2v) is 6.76. The van der Waals surface area contributed by atoms with Gasteiger partial charge in [0.1, 0.15) is 6.26 Å². The lowest BCUT2D eigenvalue weighted by molar-refractivity contribution is 0.573. The molecule has 0 radical (unpaired) electrons. The molecule has 0 aliphatic carbocycles. The molecule has 0 N–H and O–H groups in total. The van der Waals surface area contributed by atoms with E-state index in [0.717, 1.165) is 11.1 Å². The van der Waals surface area contributed by atoms with Crippen LogP contribution in [0.5, 0.6) is 0 Å². The summed E-state index contributed by atoms with van der Waals surface area (Å²) < 4.78 is 17.6. The third-order valence-electron chi connectivity index (χ3n) is 3.10. The lowest BCUT2D eigenvalue weighted by atomic mass is 10.2. The van der Waals surface area contributed by atoms with Crippen LogP contribution in [0.15, 0.2) is 65.3 Å². The molecule has 3 nitrogen and oxygen atoms in total. The Kier molecular flexibility index (Phi) is 4.71. The summed E-state index contributed by atoms with van der Waals surface area (Å²) in [7, 11) is -1.02. The Labute approximate surface area is 136 Å². The van der Waals surface area contributed by atoms with Crippen molar-refractivity contribution in [2.24, 2.45) is 0 Å². The minimum Gasteiger partial charge on any atom is -0.444 e. The topological polar surface area (TPSA) is 43.1 Å². The van der Waals surface area contributed by atoms with Gasteiger partial charge < -0.3 is 4.42 Å². The van der Waals surface area contributed by atoms with Crippen molar-refractivity contribution in [1.82, 2.24) is 4.98 Å². The molecule has 0 saturated carbocycles. The van der Waals surface area contributed by atoms with Crippen molar-refractivity contribution < 1.29 is 8.63 Å². The van der Waals surface area contributed by atoms with Gasteiger partial charge in [0.15, 0.2) is 0 Å². The number of hydrogen-bond acceptors (Lipinski definition) is 3. The number of nitrogens with zero attached hydrogens (tertiary/aromatic N) is 1. The van der Waals surface area contributed by atoms with Crippen LogP contribution < -0.4 is 0 Å². The quantitative estimate of drug-likeness (QED) is 0.694. The molecule has 0 amide bonds. The summed E-state index contributed by atoms with van der Waals surface area (Å²) in [4.78, 5) is 4.38. The van der Waals surface area contributed by atoms with E-state index in [2.05, 4.69) is 4.98 Å². The lowest BCUT2D eigenvalue weighted by Crippen LogP contribution is -1.99. The Morgan fingerprint density at radius 1 is 1.05 bits per heavy atom. The smallest absolute Gasteiger partial charge is 0.226 e. The Balaban J connectivity index is 1.68. The highest BCUT2D eigenvalue weighted by molar-refractivity contribution is 7.83. The van der Waals surface area contributed by atoms with E-state index in [1.54, 1.807) is 18.4 Å². The SMILES string of the molecule is O=[S@@](Cc1ccccc1)Cc1coc(-c2cccc(Cl)c2)n1. The summed E-state index contributed by atoms with van der Waals surface area (Å²) in [5.41, 5.74) is 2.55. The fourth-order valence-electron chi connectivity index (χ4n) is 2.10. The summed E-state index contributed by atoms with van der Waals surface area (Å²) in [5, 5.41) is 0.630. The third-order valence-corrected chi connectivity index (χ3v) is 4.61. The molecule has 0 bridgehead atoms. The van der Waals surface area contributed by atoms with Gasteiger partial charge in [0, 0.05) is 27.1 Å². The van der Waals surface area contributed by atoms with Crippen molar-refractivity contribution in [3.05, 3.63) is 77.1 Å². The zero-order valence-electron chi connectivity index (χ0n) is 11.7. The van der Waals surface area contributed by atoms with E-state index in [-0.39, 0.29) is 0 Å². The number of benzene rings is 2. The number of aromatic nitrogens is 1. The minimum atomic E-state index is -1.02. The number of oxazole rings is 1. The molecule has 112 valence electrons. The van der Waals surface area contributed by atoms with Crippen molar-refractivity contribution in [2.45, 2.75) is 11.5 Å². The molecule has 2 aromatic carbocycles. The summed E-state index contributed by atoms with van der Waals surface area (Å²) >= 11 is 5.96. The molecule has 1 atom stereocenters. The highest BCUT2D eigenvalue weighted by Crippen LogP contribution is 2.22. The fourth-order valence-corrected chi connectivity index (χ4v) is 3.42. The summed E-state index contributed by atoms with van der Waals surface area (Å²) in [5.74, 6) is 1.38. The first-order chi connectivity index (χ1) is 10.7. The van der Waals surface area contributed by atoms with Crippen molar-refractivity contribution in [3.63, 3.8) is 0 Å². The van der Waals surface area contributed by atoms with E-state index < -0.39 is 10.8 Å². The monoisotopic (exact) mass is 331 g/mol. The van der Waals surface area contributed by atoms with Crippen LogP contribution in [0.3, 0.4) is 0 Å². The molecule has 0 aliphatic rings. The van der Waals surface area contributed by atoms with Gasteiger partial charge in [-0.15, -0.1) is 0 Å². The molecule has 5 heteroatoms. The van der Waals surface area contributed by atoms with Crippen LogP contribution >= 0.6 is 11.6 Å². The van der Waals surface area contributed by atoms with Gasteiger partial charge in [-0.1, -0.05) is 48.0 Å². The second-order valence-electron chi connectivity index (χ2n) is 4.87. The maximum absolute atomic E-state index is 12.2. The molecule has 0 unspecified atom stereocenters. The van der Waals surface area contributed by atoms with Crippen LogP contribution in [0.25, 0.3) is 11.5 Å². The van der Waals surface area contributed by atoms with Crippen LogP contribution in [0.4, 0.5) is 0 Å². The van der Waals surface area contributed by atoms with Crippen molar-refractivity contribution in [3.8, 4) is 11.5 Å². The molecule has 0 saturated heterocycles. The van der Waals surface area contributed by atoms with Gasteiger partial charge in [-0.3, -0.25) is 4.21 Å². The molecule has 0 fully saturated rings. The summed E-state index contributed by atoms with van der Waals surface area (Å²) in [6.07, 6.45) is 1.55.